The highest BCUT2D eigenvalue weighted by Gasteiger charge is 2.19. The number of halogens is 1. The van der Waals surface area contributed by atoms with E-state index < -0.39 is 0 Å². The van der Waals surface area contributed by atoms with Crippen LogP contribution in [0.2, 0.25) is 0 Å². The van der Waals surface area contributed by atoms with Crippen LogP contribution in [0.4, 0.5) is 0 Å². The summed E-state index contributed by atoms with van der Waals surface area (Å²) in [5.41, 5.74) is 0. The average Bonchev–Trinajstić information content (AvgIpc) is 1.87. The molecule has 0 spiro atoms. The van der Waals surface area contributed by atoms with Crippen LogP contribution in [0, 0.1) is 0 Å². The van der Waals surface area contributed by atoms with Crippen LogP contribution in [0.5, 0.6) is 0 Å². The molecule has 0 aromatic heterocycles. The number of alkyl halides is 1. The number of rotatable bonds is 3. The first-order valence-electron chi connectivity index (χ1n) is 2.35. The molecule has 0 rings (SSSR count). The van der Waals surface area contributed by atoms with Crippen LogP contribution >= 0.6 is 22.6 Å². The van der Waals surface area contributed by atoms with Crippen molar-refractivity contribution in [2.45, 2.75) is 12.7 Å². The molecule has 0 aromatic carbocycles. The van der Waals surface area contributed by atoms with Gasteiger partial charge in [-0.05, 0) is 6.92 Å². The van der Waals surface area contributed by atoms with Gasteiger partial charge in [-0.25, -0.2) is 0 Å². The second-order valence-corrected chi connectivity index (χ2v) is 2.44. The Morgan fingerprint density at radius 1 is 1.38 bits per heavy atom. The lowest BCUT2D eigenvalue weighted by molar-refractivity contribution is -0.172. The van der Waals surface area contributed by atoms with Crippen molar-refractivity contribution in [3.8, 4) is 0 Å². The van der Waals surface area contributed by atoms with Gasteiger partial charge in [-0.1, -0.05) is 22.6 Å². The van der Waals surface area contributed by atoms with E-state index in [2.05, 4.69) is 22.6 Å². The van der Waals surface area contributed by atoms with Crippen LogP contribution in [0.1, 0.15) is 6.92 Å². The predicted molar refractivity (Wildman–Crippen MR) is 41.3 cm³/mol. The zero-order valence-corrected chi connectivity index (χ0v) is 7.56. The van der Waals surface area contributed by atoms with Gasteiger partial charge in [0.1, 0.15) is 0 Å². The molecule has 0 aromatic rings. The molecule has 0 saturated carbocycles. The Morgan fingerprint density at radius 2 is 1.75 bits per heavy atom. The van der Waals surface area contributed by atoms with Crippen molar-refractivity contribution in [2.75, 3.05) is 18.6 Å². The van der Waals surface area contributed by atoms with E-state index in [0.29, 0.717) is 0 Å². The Bertz CT molecular complexity index is 53.2. The minimum absolute atomic E-state index is 0.388. The standard InChI is InChI=1S/C5H11IO2/c1-5(4-6,7-2)8-3/h4H2,1-3H3. The lowest BCUT2D eigenvalue weighted by Gasteiger charge is -2.22. The van der Waals surface area contributed by atoms with E-state index in [4.69, 9.17) is 9.47 Å². The van der Waals surface area contributed by atoms with E-state index in [-0.39, 0.29) is 5.79 Å². The molecular formula is C5H11IO2. The smallest absolute Gasteiger partial charge is 0.173 e. The molecule has 2 nitrogen and oxygen atoms in total. The van der Waals surface area contributed by atoms with Crippen LogP contribution in [-0.2, 0) is 9.47 Å². The summed E-state index contributed by atoms with van der Waals surface area (Å²) in [4.78, 5) is 0. The molecule has 0 fully saturated rings. The molecule has 50 valence electrons. The first kappa shape index (κ1) is 8.65. The molecule has 0 amide bonds. The van der Waals surface area contributed by atoms with Crippen LogP contribution in [-0.4, -0.2) is 24.4 Å². The Labute approximate surface area is 63.7 Å². The zero-order chi connectivity index (χ0) is 6.62. The van der Waals surface area contributed by atoms with Gasteiger partial charge >= 0.3 is 0 Å². The van der Waals surface area contributed by atoms with E-state index in [1.54, 1.807) is 14.2 Å². The number of ether oxygens (including phenoxy) is 2. The quantitative estimate of drug-likeness (QED) is 0.414. The summed E-state index contributed by atoms with van der Waals surface area (Å²) < 4.78 is 10.9. The van der Waals surface area contributed by atoms with Crippen LogP contribution in [0.15, 0.2) is 0 Å². The topological polar surface area (TPSA) is 18.5 Å². The monoisotopic (exact) mass is 230 g/mol. The van der Waals surface area contributed by atoms with E-state index >= 15 is 0 Å². The van der Waals surface area contributed by atoms with Gasteiger partial charge in [0.2, 0.25) is 0 Å². The third-order valence-electron chi connectivity index (χ3n) is 1.11. The van der Waals surface area contributed by atoms with Crippen molar-refractivity contribution in [2.24, 2.45) is 0 Å². The van der Waals surface area contributed by atoms with Gasteiger partial charge in [-0.2, -0.15) is 0 Å². The van der Waals surface area contributed by atoms with Gasteiger partial charge in [0.15, 0.2) is 5.79 Å². The summed E-state index contributed by atoms with van der Waals surface area (Å²) in [5.74, 6) is -0.388. The maximum Gasteiger partial charge on any atom is 0.173 e. The third kappa shape index (κ3) is 2.28. The number of hydrogen-bond acceptors (Lipinski definition) is 2. The Hall–Kier alpha value is 0.650. The van der Waals surface area contributed by atoms with Crippen molar-refractivity contribution < 1.29 is 9.47 Å². The van der Waals surface area contributed by atoms with E-state index in [1.165, 1.54) is 0 Å². The fraction of sp³-hybridized carbons (Fsp3) is 1.00. The second-order valence-electron chi connectivity index (χ2n) is 1.68. The highest BCUT2D eigenvalue weighted by atomic mass is 127. The van der Waals surface area contributed by atoms with Gasteiger partial charge in [0.25, 0.3) is 0 Å². The molecule has 3 heteroatoms. The lowest BCUT2D eigenvalue weighted by Crippen LogP contribution is -2.31. The van der Waals surface area contributed by atoms with Crippen LogP contribution < -0.4 is 0 Å². The van der Waals surface area contributed by atoms with Crippen LogP contribution in [0.3, 0.4) is 0 Å². The minimum atomic E-state index is -0.388. The molecule has 0 bridgehead atoms. The molecule has 0 radical (unpaired) electrons. The summed E-state index contributed by atoms with van der Waals surface area (Å²) in [6, 6.07) is 0. The summed E-state index contributed by atoms with van der Waals surface area (Å²) in [5, 5.41) is 0. The normalized spacial score (nSPS) is 12.0. The second kappa shape index (κ2) is 3.63. The average molecular weight is 230 g/mol. The zero-order valence-electron chi connectivity index (χ0n) is 5.40. The molecule has 0 atom stereocenters. The van der Waals surface area contributed by atoms with Gasteiger partial charge in [-0.15, -0.1) is 0 Å². The SMILES string of the molecule is COC(C)(CI)OC. The molecule has 0 aliphatic carbocycles. The summed E-state index contributed by atoms with van der Waals surface area (Å²) in [6.45, 7) is 1.90. The Morgan fingerprint density at radius 3 is 1.75 bits per heavy atom. The molecule has 8 heavy (non-hydrogen) atoms. The highest BCUT2D eigenvalue weighted by molar-refractivity contribution is 14.1. The molecule has 0 aliphatic rings. The van der Waals surface area contributed by atoms with Gasteiger partial charge in [0.05, 0.1) is 4.43 Å². The Kier molecular flexibility index (Phi) is 3.93. The molecule has 0 heterocycles. The minimum Gasteiger partial charge on any atom is -0.353 e. The fourth-order valence-electron chi connectivity index (χ4n) is 0.192. The summed E-state index contributed by atoms with van der Waals surface area (Å²) in [7, 11) is 3.28. The maximum absolute atomic E-state index is 5.01. The number of methoxy groups -OCH3 is 2. The summed E-state index contributed by atoms with van der Waals surface area (Å²) in [6.07, 6.45) is 0. The number of hydrogen-bond donors (Lipinski definition) is 0. The van der Waals surface area contributed by atoms with E-state index in [9.17, 15) is 0 Å². The van der Waals surface area contributed by atoms with Crippen molar-refractivity contribution in [3.63, 3.8) is 0 Å². The largest absolute Gasteiger partial charge is 0.353 e. The molecule has 0 unspecified atom stereocenters. The van der Waals surface area contributed by atoms with Crippen molar-refractivity contribution >= 4 is 22.6 Å². The van der Waals surface area contributed by atoms with Crippen molar-refractivity contribution in [1.29, 1.82) is 0 Å². The first-order chi connectivity index (χ1) is 3.68. The van der Waals surface area contributed by atoms with Crippen molar-refractivity contribution in [3.05, 3.63) is 0 Å². The van der Waals surface area contributed by atoms with Gasteiger partial charge in [-0.3, -0.25) is 0 Å². The maximum atomic E-state index is 5.01. The first-order valence-corrected chi connectivity index (χ1v) is 3.87. The van der Waals surface area contributed by atoms with Gasteiger partial charge in [0, 0.05) is 14.2 Å². The molecule has 0 saturated heterocycles. The molecular weight excluding hydrogens is 219 g/mol. The molecule has 0 N–H and O–H groups in total. The Balaban J connectivity index is 3.58. The van der Waals surface area contributed by atoms with Gasteiger partial charge < -0.3 is 9.47 Å². The van der Waals surface area contributed by atoms with E-state index in [0.717, 1.165) is 4.43 Å². The predicted octanol–water partition coefficient (Wildman–Crippen LogP) is 1.43. The fourth-order valence-corrected chi connectivity index (χ4v) is 0.815. The van der Waals surface area contributed by atoms with Crippen LogP contribution in [0.25, 0.3) is 0 Å². The van der Waals surface area contributed by atoms with Crippen molar-refractivity contribution in [1.82, 2.24) is 0 Å². The van der Waals surface area contributed by atoms with E-state index in [1.807, 2.05) is 6.92 Å². The molecule has 0 aliphatic heterocycles. The summed E-state index contributed by atoms with van der Waals surface area (Å²) >= 11 is 2.22. The third-order valence-corrected chi connectivity index (χ3v) is 2.49. The highest BCUT2D eigenvalue weighted by Crippen LogP contribution is 2.12. The lowest BCUT2D eigenvalue weighted by atomic mass is 10.4.